The Morgan fingerprint density at radius 3 is 2.79 bits per heavy atom. The number of benzene rings is 1. The fraction of sp³-hybridized carbons (Fsp3) is 0.300. The summed E-state index contributed by atoms with van der Waals surface area (Å²) in [6, 6.07) is 7.22. The second kappa shape index (κ2) is 9.61. The van der Waals surface area contributed by atoms with E-state index in [1.807, 2.05) is 12.1 Å². The number of carbonyl (C=O) groups excluding carboxylic acids is 1. The van der Waals surface area contributed by atoms with E-state index in [-0.39, 0.29) is 23.0 Å². The Morgan fingerprint density at radius 1 is 1.28 bits per heavy atom. The average Bonchev–Trinajstić information content (AvgIpc) is 2.72. The molecule has 0 aliphatic carbocycles. The van der Waals surface area contributed by atoms with Crippen LogP contribution in [0.4, 0.5) is 5.82 Å². The van der Waals surface area contributed by atoms with Gasteiger partial charge in [-0.1, -0.05) is 60.4 Å². The number of rotatable bonds is 7. The van der Waals surface area contributed by atoms with Gasteiger partial charge in [0.05, 0.1) is 26.7 Å². The number of aromatic nitrogens is 3. The van der Waals surface area contributed by atoms with Crippen LogP contribution in [0.2, 0.25) is 10.0 Å². The van der Waals surface area contributed by atoms with Gasteiger partial charge in [0.25, 0.3) is 5.56 Å². The minimum absolute atomic E-state index is 0.0661. The summed E-state index contributed by atoms with van der Waals surface area (Å²) in [6.07, 6.45) is 3.24. The highest BCUT2D eigenvalue weighted by molar-refractivity contribution is 7.99. The molecule has 0 aliphatic heterocycles. The summed E-state index contributed by atoms with van der Waals surface area (Å²) in [5.41, 5.74) is 1.17. The molecule has 6 nitrogen and oxygen atoms in total. The number of hydrogen-bond donors (Lipinski definition) is 1. The quantitative estimate of drug-likeness (QED) is 0.407. The van der Waals surface area contributed by atoms with E-state index in [0.29, 0.717) is 38.2 Å². The molecule has 1 amide bonds. The molecule has 2 aromatic heterocycles. The van der Waals surface area contributed by atoms with Gasteiger partial charge in [0.2, 0.25) is 5.91 Å². The van der Waals surface area contributed by atoms with Gasteiger partial charge in [0, 0.05) is 12.7 Å². The lowest BCUT2D eigenvalue weighted by Crippen LogP contribution is -2.24. The Kier molecular flexibility index (Phi) is 7.16. The van der Waals surface area contributed by atoms with Gasteiger partial charge in [-0.15, -0.1) is 0 Å². The molecule has 0 aliphatic rings. The molecule has 0 saturated carbocycles. The number of nitrogens with one attached hydrogen (secondary N) is 1. The zero-order valence-electron chi connectivity index (χ0n) is 16.0. The van der Waals surface area contributed by atoms with Crippen LogP contribution in [0.1, 0.15) is 25.3 Å². The first-order valence-electron chi connectivity index (χ1n) is 9.15. The fourth-order valence-electron chi connectivity index (χ4n) is 2.71. The monoisotopic (exact) mass is 450 g/mol. The first-order valence-corrected chi connectivity index (χ1v) is 10.9. The smallest absolute Gasteiger partial charge is 0.262 e. The first kappa shape index (κ1) is 21.6. The second-order valence-corrected chi connectivity index (χ2v) is 8.18. The van der Waals surface area contributed by atoms with E-state index in [2.05, 4.69) is 22.2 Å². The SMILES string of the molecule is CCCCn1c(SCC(=O)Nc2ncc(Cl)c(C)c2Cl)nc2ccccc2c1=O. The highest BCUT2D eigenvalue weighted by Gasteiger charge is 2.15. The van der Waals surface area contributed by atoms with Crippen molar-refractivity contribution >= 4 is 57.6 Å². The lowest BCUT2D eigenvalue weighted by molar-refractivity contribution is -0.113. The molecule has 152 valence electrons. The number of nitrogens with zero attached hydrogens (tertiary/aromatic N) is 3. The molecule has 2 heterocycles. The molecule has 1 N–H and O–H groups in total. The maximum Gasteiger partial charge on any atom is 0.262 e. The van der Waals surface area contributed by atoms with Gasteiger partial charge in [-0.3, -0.25) is 14.2 Å². The number of para-hydroxylation sites is 1. The molecule has 0 saturated heterocycles. The molecule has 29 heavy (non-hydrogen) atoms. The van der Waals surface area contributed by atoms with E-state index < -0.39 is 0 Å². The van der Waals surface area contributed by atoms with Gasteiger partial charge in [-0.2, -0.15) is 0 Å². The average molecular weight is 451 g/mol. The van der Waals surface area contributed by atoms with Crippen molar-refractivity contribution in [3.8, 4) is 0 Å². The summed E-state index contributed by atoms with van der Waals surface area (Å²) >= 11 is 13.4. The summed E-state index contributed by atoms with van der Waals surface area (Å²) in [5.74, 6) is 0.0286. The van der Waals surface area contributed by atoms with Crippen LogP contribution in [0, 0.1) is 6.92 Å². The minimum atomic E-state index is -0.296. The second-order valence-electron chi connectivity index (χ2n) is 6.45. The first-order chi connectivity index (χ1) is 13.9. The number of halogens is 2. The third kappa shape index (κ3) is 4.91. The molecule has 3 rings (SSSR count). The molecule has 0 radical (unpaired) electrons. The number of unbranched alkanes of at least 4 members (excludes halogenated alkanes) is 1. The van der Waals surface area contributed by atoms with E-state index in [1.165, 1.54) is 18.0 Å². The van der Waals surface area contributed by atoms with Crippen LogP contribution in [0.25, 0.3) is 10.9 Å². The van der Waals surface area contributed by atoms with Crippen molar-refractivity contribution in [2.45, 2.75) is 38.4 Å². The van der Waals surface area contributed by atoms with Crippen molar-refractivity contribution in [2.75, 3.05) is 11.1 Å². The Balaban J connectivity index is 1.81. The molecule has 9 heteroatoms. The minimum Gasteiger partial charge on any atom is -0.309 e. The van der Waals surface area contributed by atoms with Gasteiger partial charge in [0.1, 0.15) is 0 Å². The fourth-order valence-corrected chi connectivity index (χ4v) is 3.93. The van der Waals surface area contributed by atoms with Gasteiger partial charge in [0.15, 0.2) is 11.0 Å². The largest absolute Gasteiger partial charge is 0.309 e. The Morgan fingerprint density at radius 2 is 2.03 bits per heavy atom. The number of fused-ring (bicyclic) bond motifs is 1. The van der Waals surface area contributed by atoms with Crippen LogP contribution in [0.3, 0.4) is 0 Å². The Hall–Kier alpha value is -2.09. The van der Waals surface area contributed by atoms with Gasteiger partial charge in [-0.25, -0.2) is 9.97 Å². The summed E-state index contributed by atoms with van der Waals surface area (Å²) in [5, 5.41) is 4.52. The van der Waals surface area contributed by atoms with E-state index in [4.69, 9.17) is 23.2 Å². The van der Waals surface area contributed by atoms with E-state index >= 15 is 0 Å². The molecule has 3 aromatic rings. The van der Waals surface area contributed by atoms with Gasteiger partial charge in [-0.05, 0) is 31.0 Å². The van der Waals surface area contributed by atoms with Crippen LogP contribution < -0.4 is 10.9 Å². The Labute approximate surface area is 182 Å². The highest BCUT2D eigenvalue weighted by Crippen LogP contribution is 2.28. The number of amides is 1. The zero-order chi connectivity index (χ0) is 21.0. The van der Waals surface area contributed by atoms with Crippen LogP contribution in [-0.2, 0) is 11.3 Å². The lowest BCUT2D eigenvalue weighted by atomic mass is 10.2. The number of thioether (sulfide) groups is 1. The summed E-state index contributed by atoms with van der Waals surface area (Å²) < 4.78 is 1.64. The van der Waals surface area contributed by atoms with Crippen molar-refractivity contribution in [3.63, 3.8) is 0 Å². The summed E-state index contributed by atoms with van der Waals surface area (Å²) in [4.78, 5) is 34.0. The number of carbonyl (C=O) groups is 1. The highest BCUT2D eigenvalue weighted by atomic mass is 35.5. The van der Waals surface area contributed by atoms with Gasteiger partial charge < -0.3 is 5.32 Å². The predicted octanol–water partition coefficient (Wildman–Crippen LogP) is 4.94. The van der Waals surface area contributed by atoms with E-state index in [0.717, 1.165) is 12.8 Å². The van der Waals surface area contributed by atoms with Crippen LogP contribution in [-0.4, -0.2) is 26.2 Å². The molecule has 0 bridgehead atoms. The van der Waals surface area contributed by atoms with Crippen LogP contribution in [0.15, 0.2) is 40.4 Å². The van der Waals surface area contributed by atoms with Crippen molar-refractivity contribution in [1.82, 2.24) is 14.5 Å². The summed E-state index contributed by atoms with van der Waals surface area (Å²) in [7, 11) is 0. The lowest BCUT2D eigenvalue weighted by Gasteiger charge is -2.13. The number of anilines is 1. The third-order valence-electron chi connectivity index (χ3n) is 4.35. The maximum absolute atomic E-state index is 12.9. The van der Waals surface area contributed by atoms with Crippen molar-refractivity contribution in [1.29, 1.82) is 0 Å². The normalized spacial score (nSPS) is 11.0. The molecule has 1 aromatic carbocycles. The van der Waals surface area contributed by atoms with Crippen molar-refractivity contribution < 1.29 is 4.79 Å². The van der Waals surface area contributed by atoms with E-state index in [9.17, 15) is 9.59 Å². The number of hydrogen-bond acceptors (Lipinski definition) is 5. The maximum atomic E-state index is 12.9. The zero-order valence-corrected chi connectivity index (χ0v) is 18.4. The Bertz CT molecular complexity index is 1120. The number of pyridine rings is 1. The molecule has 0 atom stereocenters. The predicted molar refractivity (Wildman–Crippen MR) is 119 cm³/mol. The van der Waals surface area contributed by atoms with E-state index in [1.54, 1.807) is 23.6 Å². The van der Waals surface area contributed by atoms with Crippen LogP contribution in [0.5, 0.6) is 0 Å². The van der Waals surface area contributed by atoms with Crippen LogP contribution >= 0.6 is 35.0 Å². The standard InChI is InChI=1S/C20H20Cl2N4O2S/c1-3-4-9-26-19(28)13-7-5-6-8-15(13)24-20(26)29-11-16(27)25-18-17(22)12(2)14(21)10-23-18/h5-8,10H,3-4,9,11H2,1-2H3,(H,23,25,27). The molecular weight excluding hydrogens is 431 g/mol. The molecule has 0 spiro atoms. The molecular formula is C20H20Cl2N4O2S. The summed E-state index contributed by atoms with van der Waals surface area (Å²) in [6.45, 7) is 4.37. The van der Waals surface area contributed by atoms with Crippen molar-refractivity contribution in [3.05, 3.63) is 56.4 Å². The third-order valence-corrected chi connectivity index (χ3v) is 6.17. The molecule has 0 unspecified atom stereocenters. The van der Waals surface area contributed by atoms with Gasteiger partial charge >= 0.3 is 0 Å². The van der Waals surface area contributed by atoms with Crippen molar-refractivity contribution in [2.24, 2.45) is 0 Å². The topological polar surface area (TPSA) is 76.9 Å². The molecule has 0 fully saturated rings.